The molecule has 48 heavy (non-hydrogen) atoms. The molecule has 0 radical (unpaired) electrons. The molecule has 11 nitrogen and oxygen atoms in total. The fraction of sp³-hybridized carbons (Fsp3) is 0.167. The van der Waals surface area contributed by atoms with E-state index in [1.165, 1.54) is 0 Å². The summed E-state index contributed by atoms with van der Waals surface area (Å²) in [6, 6.07) is 26.0. The SMILES string of the molecule is COc1cc2nccc(NCc3ccc(O[PH](=O)Oc4ccc(CNc5ccnc6cc(OC)c(OC)cc56)cc4)cc3)c2cc1OC. The summed E-state index contributed by atoms with van der Waals surface area (Å²) in [5.41, 5.74) is 5.43. The van der Waals surface area contributed by atoms with Crippen molar-refractivity contribution in [3.05, 3.63) is 108 Å². The lowest BCUT2D eigenvalue weighted by atomic mass is 10.1. The first-order valence-electron chi connectivity index (χ1n) is 15.0. The predicted octanol–water partition coefficient (Wildman–Crippen LogP) is 7.89. The Kier molecular flexibility index (Phi) is 9.97. The Morgan fingerprint density at radius 2 is 0.917 bits per heavy atom. The minimum atomic E-state index is -2.84. The summed E-state index contributed by atoms with van der Waals surface area (Å²) in [5.74, 6) is 3.41. The maximum Gasteiger partial charge on any atom is 0.418 e. The van der Waals surface area contributed by atoms with Crippen LogP contribution in [0.2, 0.25) is 0 Å². The number of methoxy groups -OCH3 is 4. The number of ether oxygens (including phenoxy) is 4. The monoisotopic (exact) mass is 666 g/mol. The number of aromatic nitrogens is 2. The second kappa shape index (κ2) is 14.8. The smallest absolute Gasteiger partial charge is 0.418 e. The zero-order valence-corrected chi connectivity index (χ0v) is 27.9. The van der Waals surface area contributed by atoms with Crippen molar-refractivity contribution in [3.63, 3.8) is 0 Å². The van der Waals surface area contributed by atoms with Crippen LogP contribution < -0.4 is 38.6 Å². The number of hydrogen-bond donors (Lipinski definition) is 2. The average Bonchev–Trinajstić information content (AvgIpc) is 3.12. The fourth-order valence-electron chi connectivity index (χ4n) is 5.21. The molecule has 0 saturated carbocycles. The van der Waals surface area contributed by atoms with E-state index in [-0.39, 0.29) is 0 Å². The molecule has 0 bridgehead atoms. The third-order valence-electron chi connectivity index (χ3n) is 7.71. The van der Waals surface area contributed by atoms with Crippen molar-refractivity contribution in [1.29, 1.82) is 0 Å². The van der Waals surface area contributed by atoms with Gasteiger partial charge in [0.05, 0.1) is 39.5 Å². The van der Waals surface area contributed by atoms with Crippen molar-refractivity contribution in [2.75, 3.05) is 39.1 Å². The summed E-state index contributed by atoms with van der Waals surface area (Å²) >= 11 is 0. The van der Waals surface area contributed by atoms with Gasteiger partial charge in [-0.2, -0.15) is 0 Å². The maximum absolute atomic E-state index is 12.7. The number of anilines is 2. The average molecular weight is 667 g/mol. The Morgan fingerprint density at radius 3 is 1.29 bits per heavy atom. The van der Waals surface area contributed by atoms with E-state index >= 15 is 0 Å². The summed E-state index contributed by atoms with van der Waals surface area (Å²) in [5, 5.41) is 8.73. The zero-order valence-electron chi connectivity index (χ0n) is 26.9. The molecule has 4 aromatic carbocycles. The van der Waals surface area contributed by atoms with E-state index in [4.69, 9.17) is 28.0 Å². The van der Waals surface area contributed by atoms with Crippen LogP contribution in [0.4, 0.5) is 11.4 Å². The van der Waals surface area contributed by atoms with E-state index in [9.17, 15) is 4.57 Å². The molecule has 6 aromatic rings. The zero-order chi connectivity index (χ0) is 33.5. The predicted molar refractivity (Wildman–Crippen MR) is 187 cm³/mol. The van der Waals surface area contributed by atoms with Gasteiger partial charge in [0.15, 0.2) is 23.0 Å². The Bertz CT molecular complexity index is 1910. The molecular formula is C36H35N4O7P. The van der Waals surface area contributed by atoms with Gasteiger partial charge in [0.1, 0.15) is 11.5 Å². The summed E-state index contributed by atoms with van der Waals surface area (Å²) in [4.78, 5) is 8.90. The van der Waals surface area contributed by atoms with E-state index in [1.54, 1.807) is 65.1 Å². The highest BCUT2D eigenvalue weighted by atomic mass is 31.1. The molecule has 0 aliphatic carbocycles. The molecule has 0 amide bonds. The second-order valence-corrected chi connectivity index (χ2v) is 11.5. The van der Waals surface area contributed by atoms with E-state index in [2.05, 4.69) is 20.6 Å². The Morgan fingerprint density at radius 1 is 0.542 bits per heavy atom. The third-order valence-corrected chi connectivity index (χ3v) is 8.51. The van der Waals surface area contributed by atoms with Gasteiger partial charge < -0.3 is 38.6 Å². The van der Waals surface area contributed by atoms with Crippen molar-refractivity contribution < 1.29 is 32.6 Å². The number of hydrogen-bond acceptors (Lipinski definition) is 11. The molecule has 2 heterocycles. The fourth-order valence-corrected chi connectivity index (χ4v) is 5.91. The Hall–Kier alpha value is -5.67. The molecular weight excluding hydrogens is 631 g/mol. The lowest BCUT2D eigenvalue weighted by Gasteiger charge is -2.13. The summed E-state index contributed by atoms with van der Waals surface area (Å²) in [6.07, 6.45) is 3.49. The van der Waals surface area contributed by atoms with Gasteiger partial charge in [0.2, 0.25) is 0 Å². The quantitative estimate of drug-likeness (QED) is 0.110. The van der Waals surface area contributed by atoms with Gasteiger partial charge in [-0.15, -0.1) is 0 Å². The summed E-state index contributed by atoms with van der Waals surface area (Å²) in [7, 11) is 3.57. The van der Waals surface area contributed by atoms with Crippen LogP contribution in [0.1, 0.15) is 11.1 Å². The molecule has 12 heteroatoms. The molecule has 0 aliphatic heterocycles. The molecule has 6 rings (SSSR count). The van der Waals surface area contributed by atoms with Crippen LogP contribution in [-0.2, 0) is 17.7 Å². The van der Waals surface area contributed by atoms with Crippen LogP contribution in [0.5, 0.6) is 34.5 Å². The van der Waals surface area contributed by atoms with Gasteiger partial charge in [-0.3, -0.25) is 9.97 Å². The van der Waals surface area contributed by atoms with E-state index in [0.29, 0.717) is 47.6 Å². The van der Waals surface area contributed by atoms with Crippen molar-refractivity contribution >= 4 is 41.4 Å². The van der Waals surface area contributed by atoms with E-state index in [1.807, 2.05) is 60.7 Å². The Labute approximate surface area is 278 Å². The number of rotatable bonds is 14. The van der Waals surface area contributed by atoms with E-state index in [0.717, 1.165) is 44.3 Å². The lowest BCUT2D eigenvalue weighted by Crippen LogP contribution is -2.01. The van der Waals surface area contributed by atoms with Crippen LogP contribution in [0, 0.1) is 0 Å². The van der Waals surface area contributed by atoms with Crippen LogP contribution in [0.15, 0.2) is 97.3 Å². The molecule has 0 unspecified atom stereocenters. The van der Waals surface area contributed by atoms with Crippen LogP contribution in [-0.4, -0.2) is 38.4 Å². The molecule has 0 aliphatic rings. The molecule has 2 N–H and O–H groups in total. The first-order valence-corrected chi connectivity index (χ1v) is 16.3. The van der Waals surface area contributed by atoms with E-state index < -0.39 is 8.25 Å². The third kappa shape index (κ3) is 7.32. The van der Waals surface area contributed by atoms with Gasteiger partial charge >= 0.3 is 8.25 Å². The topological polar surface area (TPSA) is 122 Å². The minimum absolute atomic E-state index is 0.452. The highest BCUT2D eigenvalue weighted by molar-refractivity contribution is 7.34. The largest absolute Gasteiger partial charge is 0.493 e. The number of nitrogens with zero attached hydrogens (tertiary/aromatic N) is 2. The van der Waals surface area contributed by atoms with Crippen molar-refractivity contribution in [1.82, 2.24) is 9.97 Å². The number of benzene rings is 4. The number of pyridine rings is 2. The van der Waals surface area contributed by atoms with Gasteiger partial charge in [0, 0.05) is 59.8 Å². The molecule has 0 spiro atoms. The Balaban J connectivity index is 1.02. The van der Waals surface area contributed by atoms with Crippen LogP contribution >= 0.6 is 8.25 Å². The summed E-state index contributed by atoms with van der Waals surface area (Å²) < 4.78 is 45.6. The summed E-state index contributed by atoms with van der Waals surface area (Å²) in [6.45, 7) is 1.11. The van der Waals surface area contributed by atoms with Crippen LogP contribution in [0.3, 0.4) is 0 Å². The van der Waals surface area contributed by atoms with Gasteiger partial charge in [-0.25, -0.2) is 4.57 Å². The molecule has 0 fully saturated rings. The van der Waals surface area contributed by atoms with Gasteiger partial charge in [-0.1, -0.05) is 24.3 Å². The highest BCUT2D eigenvalue weighted by Crippen LogP contribution is 2.36. The maximum atomic E-state index is 12.7. The first kappa shape index (κ1) is 32.3. The molecule has 2 aromatic heterocycles. The van der Waals surface area contributed by atoms with Crippen molar-refractivity contribution in [2.45, 2.75) is 13.1 Å². The van der Waals surface area contributed by atoms with Crippen molar-refractivity contribution in [3.8, 4) is 34.5 Å². The molecule has 0 atom stereocenters. The first-order chi connectivity index (χ1) is 23.5. The van der Waals surface area contributed by atoms with Gasteiger partial charge in [-0.05, 0) is 59.7 Å². The minimum Gasteiger partial charge on any atom is -0.493 e. The number of nitrogens with one attached hydrogen (secondary N) is 2. The standard InChI is InChI=1S/C36H35N4O7P/c1-42-33-17-27-29(13-15-37-31(27)19-35(33)44-3)39-21-23-5-9-25(10-6-23)46-48(41)47-26-11-7-24(8-12-26)22-40-30-14-16-38-32-20-36(45-4)34(43-2)18-28(30)32/h5-20,48H,21-22H2,1-4H3,(H,37,39)(H,38,40). The van der Waals surface area contributed by atoms with Crippen LogP contribution in [0.25, 0.3) is 21.8 Å². The normalized spacial score (nSPS) is 10.9. The second-order valence-electron chi connectivity index (χ2n) is 10.6. The molecule has 0 saturated heterocycles. The van der Waals surface area contributed by atoms with Crippen molar-refractivity contribution in [2.24, 2.45) is 0 Å². The molecule has 246 valence electrons. The van der Waals surface area contributed by atoms with Gasteiger partial charge in [0.25, 0.3) is 0 Å². The highest BCUT2D eigenvalue weighted by Gasteiger charge is 2.12. The number of fused-ring (bicyclic) bond motifs is 2. The lowest BCUT2D eigenvalue weighted by molar-refractivity contribution is 0.356.